The van der Waals surface area contributed by atoms with Crippen molar-refractivity contribution in [3.63, 3.8) is 0 Å². The lowest BCUT2D eigenvalue weighted by molar-refractivity contribution is -0.0971. The summed E-state index contributed by atoms with van der Waals surface area (Å²) in [6, 6.07) is 2.11. The highest BCUT2D eigenvalue weighted by molar-refractivity contribution is 5.79. The standard InChI is InChI=1S/C15H27N5O/c1-12-8-13(2)20(19-12)7-5-6-17-14(16-4)18-9-15(3)10-21-11-15/h8H,5-7,9-11H2,1-4H3,(H2,16,17,18). The summed E-state index contributed by atoms with van der Waals surface area (Å²) in [6.45, 7) is 10.7. The number of aromatic nitrogens is 2. The summed E-state index contributed by atoms with van der Waals surface area (Å²) in [4.78, 5) is 4.25. The Morgan fingerprint density at radius 2 is 2.19 bits per heavy atom. The summed E-state index contributed by atoms with van der Waals surface area (Å²) in [5.41, 5.74) is 2.54. The summed E-state index contributed by atoms with van der Waals surface area (Å²) < 4.78 is 7.31. The molecule has 0 spiro atoms. The number of ether oxygens (including phenoxy) is 1. The van der Waals surface area contributed by atoms with Gasteiger partial charge in [-0.15, -0.1) is 0 Å². The summed E-state index contributed by atoms with van der Waals surface area (Å²) >= 11 is 0. The quantitative estimate of drug-likeness (QED) is 0.468. The molecule has 0 aromatic carbocycles. The monoisotopic (exact) mass is 293 g/mol. The van der Waals surface area contributed by atoms with E-state index in [4.69, 9.17) is 4.74 Å². The van der Waals surface area contributed by atoms with Gasteiger partial charge < -0.3 is 15.4 Å². The van der Waals surface area contributed by atoms with E-state index in [1.165, 1.54) is 5.69 Å². The fourth-order valence-corrected chi connectivity index (χ4v) is 2.41. The van der Waals surface area contributed by atoms with Crippen LogP contribution in [0.1, 0.15) is 24.7 Å². The normalized spacial score (nSPS) is 17.4. The van der Waals surface area contributed by atoms with Gasteiger partial charge in [-0.05, 0) is 26.3 Å². The fourth-order valence-electron chi connectivity index (χ4n) is 2.41. The first-order valence-electron chi connectivity index (χ1n) is 7.56. The highest BCUT2D eigenvalue weighted by atomic mass is 16.5. The molecule has 1 aromatic heterocycles. The molecule has 0 aliphatic carbocycles. The number of aryl methyl sites for hydroxylation is 3. The van der Waals surface area contributed by atoms with E-state index in [0.717, 1.165) is 50.9 Å². The van der Waals surface area contributed by atoms with Crippen LogP contribution in [-0.4, -0.2) is 49.1 Å². The highest BCUT2D eigenvalue weighted by Gasteiger charge is 2.33. The van der Waals surface area contributed by atoms with Crippen LogP contribution >= 0.6 is 0 Å². The number of hydrogen-bond acceptors (Lipinski definition) is 3. The SMILES string of the molecule is CN=C(NCCCn1nc(C)cc1C)NCC1(C)COC1. The second-order valence-electron chi connectivity index (χ2n) is 6.16. The topological polar surface area (TPSA) is 63.5 Å². The van der Waals surface area contributed by atoms with Crippen LogP contribution in [0.2, 0.25) is 0 Å². The molecule has 6 heteroatoms. The number of nitrogens with zero attached hydrogens (tertiary/aromatic N) is 3. The summed E-state index contributed by atoms with van der Waals surface area (Å²) in [5, 5.41) is 11.2. The van der Waals surface area contributed by atoms with Crippen LogP contribution in [0, 0.1) is 19.3 Å². The number of guanidine groups is 1. The minimum Gasteiger partial charge on any atom is -0.380 e. The van der Waals surface area contributed by atoms with Gasteiger partial charge in [-0.1, -0.05) is 6.92 Å². The average Bonchev–Trinajstić information content (AvgIpc) is 2.74. The minimum absolute atomic E-state index is 0.251. The summed E-state index contributed by atoms with van der Waals surface area (Å²) in [6.07, 6.45) is 1.02. The van der Waals surface area contributed by atoms with Crippen molar-refractivity contribution in [2.75, 3.05) is 33.4 Å². The van der Waals surface area contributed by atoms with Crippen LogP contribution in [0.25, 0.3) is 0 Å². The van der Waals surface area contributed by atoms with Crippen molar-refractivity contribution in [3.8, 4) is 0 Å². The lowest BCUT2D eigenvalue weighted by atomic mass is 9.89. The van der Waals surface area contributed by atoms with Crippen LogP contribution in [0.15, 0.2) is 11.1 Å². The maximum absolute atomic E-state index is 5.25. The predicted octanol–water partition coefficient (Wildman–Crippen LogP) is 1.09. The van der Waals surface area contributed by atoms with Crippen molar-refractivity contribution < 1.29 is 4.74 Å². The van der Waals surface area contributed by atoms with E-state index < -0.39 is 0 Å². The molecule has 2 N–H and O–H groups in total. The van der Waals surface area contributed by atoms with Crippen LogP contribution in [0.4, 0.5) is 0 Å². The summed E-state index contributed by atoms with van der Waals surface area (Å²) in [5.74, 6) is 0.858. The molecule has 0 atom stereocenters. The number of hydrogen-bond donors (Lipinski definition) is 2. The summed E-state index contributed by atoms with van der Waals surface area (Å²) in [7, 11) is 1.80. The van der Waals surface area contributed by atoms with E-state index in [0.29, 0.717) is 0 Å². The molecule has 1 fully saturated rings. The van der Waals surface area contributed by atoms with Gasteiger partial charge in [0.1, 0.15) is 0 Å². The zero-order chi connectivity index (χ0) is 15.3. The Morgan fingerprint density at radius 3 is 2.71 bits per heavy atom. The molecule has 21 heavy (non-hydrogen) atoms. The van der Waals surface area contributed by atoms with Crippen LogP contribution in [-0.2, 0) is 11.3 Å². The first kappa shape index (κ1) is 15.8. The van der Waals surface area contributed by atoms with E-state index >= 15 is 0 Å². The van der Waals surface area contributed by atoms with E-state index in [1.54, 1.807) is 7.05 Å². The molecule has 0 saturated carbocycles. The van der Waals surface area contributed by atoms with Gasteiger partial charge in [0.25, 0.3) is 0 Å². The molecule has 0 amide bonds. The molecule has 0 radical (unpaired) electrons. The van der Waals surface area contributed by atoms with Gasteiger partial charge in [0.15, 0.2) is 5.96 Å². The average molecular weight is 293 g/mol. The molecule has 2 rings (SSSR count). The van der Waals surface area contributed by atoms with Gasteiger partial charge in [0.05, 0.1) is 18.9 Å². The fraction of sp³-hybridized carbons (Fsp3) is 0.733. The first-order valence-corrected chi connectivity index (χ1v) is 7.56. The Balaban J connectivity index is 1.65. The van der Waals surface area contributed by atoms with E-state index in [9.17, 15) is 0 Å². The third-order valence-electron chi connectivity index (χ3n) is 3.75. The molecule has 0 bridgehead atoms. The van der Waals surface area contributed by atoms with Crippen molar-refractivity contribution in [1.82, 2.24) is 20.4 Å². The molecule has 1 aliphatic heterocycles. The third kappa shape index (κ3) is 4.46. The van der Waals surface area contributed by atoms with Crippen molar-refractivity contribution in [2.45, 2.75) is 33.7 Å². The molecular formula is C15H27N5O. The van der Waals surface area contributed by atoms with Crippen LogP contribution in [0.5, 0.6) is 0 Å². The van der Waals surface area contributed by atoms with Crippen molar-refractivity contribution >= 4 is 5.96 Å². The Bertz CT molecular complexity index is 490. The van der Waals surface area contributed by atoms with Gasteiger partial charge in [-0.3, -0.25) is 9.67 Å². The van der Waals surface area contributed by atoms with E-state index in [2.05, 4.69) is 45.3 Å². The molecule has 0 unspecified atom stereocenters. The minimum atomic E-state index is 0.251. The third-order valence-corrected chi connectivity index (χ3v) is 3.75. The molecule has 118 valence electrons. The number of rotatable bonds is 6. The maximum atomic E-state index is 5.25. The number of aliphatic imine (C=N–C) groups is 1. The smallest absolute Gasteiger partial charge is 0.191 e. The van der Waals surface area contributed by atoms with Gasteiger partial charge in [-0.25, -0.2) is 0 Å². The molecule has 1 aliphatic rings. The van der Waals surface area contributed by atoms with Gasteiger partial charge in [-0.2, -0.15) is 5.10 Å². The molecular weight excluding hydrogens is 266 g/mol. The van der Waals surface area contributed by atoms with Gasteiger partial charge >= 0.3 is 0 Å². The van der Waals surface area contributed by atoms with Gasteiger partial charge in [0.2, 0.25) is 0 Å². The molecule has 2 heterocycles. The predicted molar refractivity (Wildman–Crippen MR) is 84.6 cm³/mol. The largest absolute Gasteiger partial charge is 0.380 e. The first-order chi connectivity index (χ1) is 10.0. The molecule has 1 aromatic rings. The Hall–Kier alpha value is -1.56. The highest BCUT2D eigenvalue weighted by Crippen LogP contribution is 2.24. The Morgan fingerprint density at radius 1 is 1.43 bits per heavy atom. The van der Waals surface area contributed by atoms with E-state index in [-0.39, 0.29) is 5.41 Å². The van der Waals surface area contributed by atoms with Crippen molar-refractivity contribution in [2.24, 2.45) is 10.4 Å². The Kier molecular flexibility index (Phi) is 5.22. The molecule has 6 nitrogen and oxygen atoms in total. The second-order valence-corrected chi connectivity index (χ2v) is 6.16. The lowest BCUT2D eigenvalue weighted by Gasteiger charge is -2.38. The van der Waals surface area contributed by atoms with Crippen LogP contribution < -0.4 is 10.6 Å². The molecule has 1 saturated heterocycles. The Labute approximate surface area is 127 Å². The van der Waals surface area contributed by atoms with Gasteiger partial charge in [0, 0.05) is 37.8 Å². The number of nitrogens with one attached hydrogen (secondary N) is 2. The lowest BCUT2D eigenvalue weighted by Crippen LogP contribution is -2.51. The second kappa shape index (κ2) is 6.93. The van der Waals surface area contributed by atoms with Crippen molar-refractivity contribution in [1.29, 1.82) is 0 Å². The van der Waals surface area contributed by atoms with E-state index in [1.807, 2.05) is 6.92 Å². The zero-order valence-electron chi connectivity index (χ0n) is 13.6. The maximum Gasteiger partial charge on any atom is 0.191 e. The zero-order valence-corrected chi connectivity index (χ0v) is 13.6. The van der Waals surface area contributed by atoms with Crippen molar-refractivity contribution in [3.05, 3.63) is 17.5 Å². The van der Waals surface area contributed by atoms with Crippen LogP contribution in [0.3, 0.4) is 0 Å².